The van der Waals surface area contributed by atoms with Crippen LogP contribution in [0.15, 0.2) is 22.0 Å². The molecule has 1 aromatic heterocycles. The molecule has 0 nitrogen and oxygen atoms in total. The van der Waals surface area contributed by atoms with Crippen molar-refractivity contribution in [2.75, 3.05) is 0 Å². The summed E-state index contributed by atoms with van der Waals surface area (Å²) < 4.78 is 14.7. The summed E-state index contributed by atoms with van der Waals surface area (Å²) in [5.41, 5.74) is 1.20. The Kier molecular flexibility index (Phi) is 1.93. The highest BCUT2D eigenvalue weighted by molar-refractivity contribution is 9.10. The molecule has 0 unspecified atom stereocenters. The molecule has 0 aliphatic heterocycles. The summed E-state index contributed by atoms with van der Waals surface area (Å²) in [5, 5.41) is 3.16. The van der Waals surface area contributed by atoms with Gasteiger partial charge in [-0.2, -0.15) is 0 Å². The van der Waals surface area contributed by atoms with Gasteiger partial charge in [0.05, 0.1) is 0 Å². The second-order valence-corrected chi connectivity index (χ2v) is 4.45. The Morgan fingerprint density at radius 3 is 2.92 bits per heavy atom. The van der Waals surface area contributed by atoms with Crippen LogP contribution in [0.4, 0.5) is 4.39 Å². The molecule has 0 radical (unpaired) electrons. The molecule has 0 saturated carbocycles. The minimum atomic E-state index is -0.184. The van der Waals surface area contributed by atoms with E-state index in [2.05, 4.69) is 15.9 Å². The van der Waals surface area contributed by atoms with Gasteiger partial charge in [-0.1, -0.05) is 15.9 Å². The lowest BCUT2D eigenvalue weighted by Crippen LogP contribution is -1.75. The fourth-order valence-electron chi connectivity index (χ4n) is 1.24. The minimum absolute atomic E-state index is 0.184. The van der Waals surface area contributed by atoms with Crippen LogP contribution in [0.5, 0.6) is 0 Å². The third-order valence-electron chi connectivity index (χ3n) is 1.78. The van der Waals surface area contributed by atoms with Crippen molar-refractivity contribution >= 4 is 37.4 Å². The molecule has 0 atom stereocenters. The van der Waals surface area contributed by atoms with E-state index in [0.717, 1.165) is 14.6 Å². The van der Waals surface area contributed by atoms with Gasteiger partial charge in [-0.25, -0.2) is 4.39 Å². The van der Waals surface area contributed by atoms with Crippen LogP contribution in [0.3, 0.4) is 0 Å². The van der Waals surface area contributed by atoms with E-state index < -0.39 is 0 Å². The number of hydrogen-bond acceptors (Lipinski definition) is 1. The average molecular weight is 245 g/mol. The van der Waals surface area contributed by atoms with E-state index in [0.29, 0.717) is 0 Å². The van der Waals surface area contributed by atoms with E-state index in [-0.39, 0.29) is 5.82 Å². The first-order valence-electron chi connectivity index (χ1n) is 3.51. The second kappa shape index (κ2) is 2.82. The van der Waals surface area contributed by atoms with Crippen LogP contribution in [0.25, 0.3) is 10.1 Å². The van der Waals surface area contributed by atoms with Gasteiger partial charge in [0.25, 0.3) is 0 Å². The number of fused-ring (bicyclic) bond motifs is 1. The molecule has 62 valence electrons. The highest BCUT2D eigenvalue weighted by atomic mass is 79.9. The molecule has 12 heavy (non-hydrogen) atoms. The SMILES string of the molecule is Cc1csc2cc(F)cc(Br)c12. The number of hydrogen-bond donors (Lipinski definition) is 0. The van der Waals surface area contributed by atoms with E-state index in [4.69, 9.17) is 0 Å². The van der Waals surface area contributed by atoms with Crippen molar-refractivity contribution in [2.45, 2.75) is 6.92 Å². The molecule has 0 N–H and O–H groups in total. The smallest absolute Gasteiger partial charge is 0.125 e. The lowest BCUT2D eigenvalue weighted by Gasteiger charge is -1.95. The van der Waals surface area contributed by atoms with Crippen molar-refractivity contribution in [1.82, 2.24) is 0 Å². The van der Waals surface area contributed by atoms with Gasteiger partial charge in [0.15, 0.2) is 0 Å². The molecule has 0 aliphatic rings. The normalized spacial score (nSPS) is 10.9. The summed E-state index contributed by atoms with van der Waals surface area (Å²) in [6.45, 7) is 2.03. The van der Waals surface area contributed by atoms with Gasteiger partial charge in [0.2, 0.25) is 0 Å². The molecule has 0 aliphatic carbocycles. The van der Waals surface area contributed by atoms with E-state index in [1.54, 1.807) is 17.4 Å². The van der Waals surface area contributed by atoms with Crippen LogP contribution in [0, 0.1) is 12.7 Å². The van der Waals surface area contributed by atoms with Gasteiger partial charge < -0.3 is 0 Å². The van der Waals surface area contributed by atoms with Crippen LogP contribution in [0.2, 0.25) is 0 Å². The van der Waals surface area contributed by atoms with E-state index in [1.165, 1.54) is 11.6 Å². The molecular weight excluding hydrogens is 239 g/mol. The summed E-state index contributed by atoms with van der Waals surface area (Å²) in [4.78, 5) is 0. The Bertz CT molecular complexity index is 433. The van der Waals surface area contributed by atoms with Crippen molar-refractivity contribution in [2.24, 2.45) is 0 Å². The highest BCUT2D eigenvalue weighted by Crippen LogP contribution is 2.32. The number of rotatable bonds is 0. The van der Waals surface area contributed by atoms with Crippen molar-refractivity contribution < 1.29 is 4.39 Å². The van der Waals surface area contributed by atoms with Crippen LogP contribution in [-0.2, 0) is 0 Å². The van der Waals surface area contributed by atoms with Gasteiger partial charge >= 0.3 is 0 Å². The number of thiophene rings is 1. The first-order valence-corrected chi connectivity index (χ1v) is 5.18. The zero-order valence-electron chi connectivity index (χ0n) is 6.40. The Morgan fingerprint density at radius 2 is 2.17 bits per heavy atom. The Hall–Kier alpha value is -0.410. The fraction of sp³-hybridized carbons (Fsp3) is 0.111. The zero-order valence-corrected chi connectivity index (χ0v) is 8.80. The second-order valence-electron chi connectivity index (χ2n) is 2.68. The molecule has 0 bridgehead atoms. The number of halogens is 2. The predicted octanol–water partition coefficient (Wildman–Crippen LogP) is 4.11. The largest absolute Gasteiger partial charge is 0.207 e. The van der Waals surface area contributed by atoms with Crippen LogP contribution >= 0.6 is 27.3 Å². The molecule has 0 amide bonds. The quantitative estimate of drug-likeness (QED) is 0.655. The fourth-order valence-corrected chi connectivity index (χ4v) is 3.10. The maximum Gasteiger partial charge on any atom is 0.125 e. The number of benzene rings is 1. The van der Waals surface area contributed by atoms with Crippen molar-refractivity contribution in [1.29, 1.82) is 0 Å². The van der Waals surface area contributed by atoms with Crippen molar-refractivity contribution in [3.05, 3.63) is 33.4 Å². The Morgan fingerprint density at radius 1 is 1.42 bits per heavy atom. The monoisotopic (exact) mass is 244 g/mol. The molecule has 0 spiro atoms. The summed E-state index contributed by atoms with van der Waals surface area (Å²) in [7, 11) is 0. The summed E-state index contributed by atoms with van der Waals surface area (Å²) in [6.07, 6.45) is 0. The third-order valence-corrected chi connectivity index (χ3v) is 3.45. The maximum absolute atomic E-state index is 12.9. The molecule has 0 fully saturated rings. The van der Waals surface area contributed by atoms with Crippen LogP contribution in [0.1, 0.15) is 5.56 Å². The molecule has 2 rings (SSSR count). The van der Waals surface area contributed by atoms with E-state index in [9.17, 15) is 4.39 Å². The van der Waals surface area contributed by atoms with Crippen LogP contribution in [-0.4, -0.2) is 0 Å². The van der Waals surface area contributed by atoms with E-state index >= 15 is 0 Å². The highest BCUT2D eigenvalue weighted by Gasteiger charge is 2.05. The van der Waals surface area contributed by atoms with Gasteiger partial charge in [-0.3, -0.25) is 0 Å². The molecule has 1 aromatic carbocycles. The average Bonchev–Trinajstić information content (AvgIpc) is 2.31. The standard InChI is InChI=1S/C9H6BrFS/c1-5-4-12-8-3-6(11)2-7(10)9(5)8/h2-4H,1H3. The number of aryl methyl sites for hydroxylation is 1. The van der Waals surface area contributed by atoms with Gasteiger partial charge in [0, 0.05) is 14.6 Å². The summed E-state index contributed by atoms with van der Waals surface area (Å²) >= 11 is 4.92. The lowest BCUT2D eigenvalue weighted by molar-refractivity contribution is 0.629. The zero-order chi connectivity index (χ0) is 8.72. The topological polar surface area (TPSA) is 0 Å². The lowest BCUT2D eigenvalue weighted by atomic mass is 10.2. The first-order chi connectivity index (χ1) is 5.68. The van der Waals surface area contributed by atoms with Crippen molar-refractivity contribution in [3.63, 3.8) is 0 Å². The Balaban J connectivity index is 2.93. The summed E-state index contributed by atoms with van der Waals surface area (Å²) in [6, 6.07) is 3.07. The van der Waals surface area contributed by atoms with E-state index in [1.807, 2.05) is 12.3 Å². The van der Waals surface area contributed by atoms with Crippen molar-refractivity contribution in [3.8, 4) is 0 Å². The van der Waals surface area contributed by atoms with Gasteiger partial charge in [-0.05, 0) is 30.0 Å². The maximum atomic E-state index is 12.9. The molecule has 0 saturated heterocycles. The predicted molar refractivity (Wildman–Crippen MR) is 54.2 cm³/mol. The van der Waals surface area contributed by atoms with Crippen LogP contribution < -0.4 is 0 Å². The molecule has 1 heterocycles. The first kappa shape index (κ1) is 8.20. The molecule has 2 aromatic rings. The van der Waals surface area contributed by atoms with Gasteiger partial charge in [0.1, 0.15) is 5.82 Å². The summed E-state index contributed by atoms with van der Waals surface area (Å²) in [5.74, 6) is -0.184. The van der Waals surface area contributed by atoms with Gasteiger partial charge in [-0.15, -0.1) is 11.3 Å². The molecule has 3 heteroatoms. The minimum Gasteiger partial charge on any atom is -0.207 e. The molecular formula is C9H6BrFS. The Labute approximate surface area is 82.2 Å². The third kappa shape index (κ3) is 1.17.